The fourth-order valence-electron chi connectivity index (χ4n) is 2.26. The van der Waals surface area contributed by atoms with Crippen LogP contribution in [0.2, 0.25) is 0 Å². The third-order valence-electron chi connectivity index (χ3n) is 3.54. The average molecular weight is 327 g/mol. The molecular weight excluding hydrogens is 302 g/mol. The summed E-state index contributed by atoms with van der Waals surface area (Å²) in [5, 5.41) is 9.99. The van der Waals surface area contributed by atoms with Crippen LogP contribution in [0.3, 0.4) is 0 Å². The lowest BCUT2D eigenvalue weighted by molar-refractivity contribution is -0.140. The number of carbonyl (C=O) groups excluding carboxylic acids is 1. The molecule has 0 saturated heterocycles. The number of aliphatic carboxylic acids is 1. The minimum absolute atomic E-state index is 0.356. The molecule has 5 nitrogen and oxygen atoms in total. The Kier molecular flexibility index (Phi) is 6.41. The summed E-state index contributed by atoms with van der Waals surface area (Å²) >= 11 is 1.52. The highest BCUT2D eigenvalue weighted by molar-refractivity contribution is 7.16. The Hall–Kier alpha value is -1.56. The van der Waals surface area contributed by atoms with Crippen molar-refractivity contribution in [2.24, 2.45) is 11.8 Å². The van der Waals surface area contributed by atoms with Gasteiger partial charge in [-0.05, 0) is 25.3 Å². The molecule has 0 spiro atoms. The number of esters is 1. The second kappa shape index (κ2) is 7.63. The van der Waals surface area contributed by atoms with Gasteiger partial charge in [-0.2, -0.15) is 0 Å². The zero-order chi connectivity index (χ0) is 17.0. The first kappa shape index (κ1) is 18.5. The lowest BCUT2D eigenvalue weighted by atomic mass is 10.1. The molecule has 1 atom stereocenters. The zero-order valence-corrected chi connectivity index (χ0v) is 14.9. The molecule has 1 rings (SSSR count). The monoisotopic (exact) mass is 327 g/mol. The van der Waals surface area contributed by atoms with Crippen LogP contribution in [0.25, 0.3) is 0 Å². The second-order valence-corrected chi connectivity index (χ2v) is 7.20. The number of methoxy groups -OCH3 is 1. The Balaban J connectivity index is 3.27. The maximum absolute atomic E-state index is 12.1. The van der Waals surface area contributed by atoms with E-state index in [4.69, 9.17) is 4.74 Å². The summed E-state index contributed by atoms with van der Waals surface area (Å²) in [5.41, 5.74) is 1.46. The van der Waals surface area contributed by atoms with E-state index >= 15 is 0 Å². The fraction of sp³-hybridized carbons (Fsp3) is 0.625. The Morgan fingerprint density at radius 1 is 1.23 bits per heavy atom. The van der Waals surface area contributed by atoms with Gasteiger partial charge in [-0.25, -0.2) is 4.79 Å². The van der Waals surface area contributed by atoms with E-state index in [1.165, 1.54) is 18.4 Å². The number of carboxylic acids is 1. The molecule has 1 unspecified atom stereocenters. The van der Waals surface area contributed by atoms with E-state index in [-0.39, 0.29) is 5.97 Å². The van der Waals surface area contributed by atoms with Gasteiger partial charge in [-0.3, -0.25) is 4.79 Å². The van der Waals surface area contributed by atoms with Gasteiger partial charge in [0.05, 0.1) is 18.6 Å². The van der Waals surface area contributed by atoms with Gasteiger partial charge in [0.2, 0.25) is 0 Å². The van der Waals surface area contributed by atoms with Crippen LogP contribution in [0.5, 0.6) is 0 Å². The number of anilines is 1. The minimum Gasteiger partial charge on any atom is -0.481 e. The van der Waals surface area contributed by atoms with E-state index in [9.17, 15) is 14.7 Å². The highest BCUT2D eigenvalue weighted by Gasteiger charge is 2.26. The quantitative estimate of drug-likeness (QED) is 0.778. The average Bonchev–Trinajstić information content (AvgIpc) is 2.72. The number of hydrogen-bond acceptors (Lipinski definition) is 5. The van der Waals surface area contributed by atoms with E-state index < -0.39 is 11.9 Å². The standard InChI is InChI=1S/C16H25NO4S/c1-9(2)7-17(8-10(3)15(18)19)14-13(16(20)21-6)11(4)12(5)22-14/h9-10H,7-8H2,1-6H3,(H,18,19). The molecule has 0 aliphatic carbocycles. The maximum Gasteiger partial charge on any atom is 0.341 e. The van der Waals surface area contributed by atoms with Gasteiger partial charge in [0, 0.05) is 18.0 Å². The molecule has 1 aromatic rings. The topological polar surface area (TPSA) is 66.8 Å². The minimum atomic E-state index is -0.835. The summed E-state index contributed by atoms with van der Waals surface area (Å²) in [6.45, 7) is 10.8. The van der Waals surface area contributed by atoms with E-state index in [1.807, 2.05) is 18.7 Å². The second-order valence-electron chi connectivity index (χ2n) is 5.99. The first-order valence-electron chi connectivity index (χ1n) is 7.35. The van der Waals surface area contributed by atoms with Crippen molar-refractivity contribution < 1.29 is 19.4 Å². The van der Waals surface area contributed by atoms with Crippen LogP contribution in [0.4, 0.5) is 5.00 Å². The Labute approximate surface area is 135 Å². The van der Waals surface area contributed by atoms with Crippen LogP contribution in [-0.4, -0.2) is 37.2 Å². The normalized spacial score (nSPS) is 12.3. The number of ether oxygens (including phenoxy) is 1. The summed E-state index contributed by atoms with van der Waals surface area (Å²) in [4.78, 5) is 26.4. The van der Waals surface area contributed by atoms with E-state index in [0.29, 0.717) is 24.6 Å². The molecule has 124 valence electrons. The number of carbonyl (C=O) groups is 2. The summed E-state index contributed by atoms with van der Waals surface area (Å²) in [5.74, 6) is -1.35. The third kappa shape index (κ3) is 4.22. The van der Waals surface area contributed by atoms with Crippen LogP contribution >= 0.6 is 11.3 Å². The number of rotatable bonds is 7. The van der Waals surface area contributed by atoms with E-state index in [0.717, 1.165) is 15.4 Å². The molecule has 1 heterocycles. The number of aryl methyl sites for hydroxylation is 1. The van der Waals surface area contributed by atoms with Crippen molar-refractivity contribution in [1.82, 2.24) is 0 Å². The highest BCUT2D eigenvalue weighted by atomic mass is 32.1. The first-order valence-corrected chi connectivity index (χ1v) is 8.16. The largest absolute Gasteiger partial charge is 0.481 e. The molecule has 6 heteroatoms. The van der Waals surface area contributed by atoms with Crippen molar-refractivity contribution >= 4 is 28.3 Å². The number of thiophene rings is 1. The molecule has 0 aliphatic rings. The molecule has 0 saturated carbocycles. The lowest BCUT2D eigenvalue weighted by Crippen LogP contribution is -2.35. The van der Waals surface area contributed by atoms with Crippen molar-refractivity contribution in [2.45, 2.75) is 34.6 Å². The smallest absolute Gasteiger partial charge is 0.341 e. The zero-order valence-electron chi connectivity index (χ0n) is 14.1. The molecule has 0 aliphatic heterocycles. The molecule has 0 bridgehead atoms. The van der Waals surface area contributed by atoms with Crippen molar-refractivity contribution in [1.29, 1.82) is 0 Å². The number of nitrogens with zero attached hydrogens (tertiary/aromatic N) is 1. The van der Waals surface area contributed by atoms with Crippen molar-refractivity contribution in [3.63, 3.8) is 0 Å². The molecule has 0 aromatic carbocycles. The Morgan fingerprint density at radius 3 is 2.27 bits per heavy atom. The first-order chi connectivity index (χ1) is 10.2. The fourth-order valence-corrected chi connectivity index (χ4v) is 3.43. The van der Waals surface area contributed by atoms with Gasteiger partial charge in [-0.15, -0.1) is 11.3 Å². The maximum atomic E-state index is 12.1. The van der Waals surface area contributed by atoms with Crippen LogP contribution in [0.1, 0.15) is 41.6 Å². The molecule has 22 heavy (non-hydrogen) atoms. The molecule has 0 fully saturated rings. The van der Waals surface area contributed by atoms with E-state index in [2.05, 4.69) is 13.8 Å². The predicted octanol–water partition coefficient (Wildman–Crippen LogP) is 3.33. The third-order valence-corrected chi connectivity index (χ3v) is 4.81. The Morgan fingerprint density at radius 2 is 1.82 bits per heavy atom. The van der Waals surface area contributed by atoms with Crippen LogP contribution in [0, 0.1) is 25.7 Å². The van der Waals surface area contributed by atoms with Gasteiger partial charge in [0.1, 0.15) is 5.00 Å². The Bertz CT molecular complexity index is 551. The van der Waals surface area contributed by atoms with Crippen molar-refractivity contribution in [3.05, 3.63) is 16.0 Å². The van der Waals surface area contributed by atoms with Gasteiger partial charge in [0.25, 0.3) is 0 Å². The summed E-state index contributed by atoms with van der Waals surface area (Å²) in [6, 6.07) is 0. The number of carboxylic acid groups (broad SMARTS) is 1. The lowest BCUT2D eigenvalue weighted by Gasteiger charge is -2.28. The van der Waals surface area contributed by atoms with Crippen molar-refractivity contribution in [3.8, 4) is 0 Å². The van der Waals surface area contributed by atoms with Gasteiger partial charge in [-0.1, -0.05) is 20.8 Å². The molecular formula is C16H25NO4S. The number of hydrogen-bond donors (Lipinski definition) is 1. The summed E-state index contributed by atoms with van der Waals surface area (Å²) < 4.78 is 4.90. The molecule has 1 aromatic heterocycles. The van der Waals surface area contributed by atoms with Crippen LogP contribution < -0.4 is 4.90 Å². The van der Waals surface area contributed by atoms with Gasteiger partial charge >= 0.3 is 11.9 Å². The summed E-state index contributed by atoms with van der Waals surface area (Å²) in [6.07, 6.45) is 0. The summed E-state index contributed by atoms with van der Waals surface area (Å²) in [7, 11) is 1.37. The predicted molar refractivity (Wildman–Crippen MR) is 89.0 cm³/mol. The van der Waals surface area contributed by atoms with Gasteiger partial charge < -0.3 is 14.7 Å². The van der Waals surface area contributed by atoms with Gasteiger partial charge in [0.15, 0.2) is 0 Å². The molecule has 1 N–H and O–H groups in total. The van der Waals surface area contributed by atoms with Crippen molar-refractivity contribution in [2.75, 3.05) is 25.1 Å². The SMILES string of the molecule is COC(=O)c1c(N(CC(C)C)CC(C)C(=O)O)sc(C)c1C. The highest BCUT2D eigenvalue weighted by Crippen LogP contribution is 2.36. The van der Waals surface area contributed by atoms with Crippen LogP contribution in [0.15, 0.2) is 0 Å². The molecule has 0 radical (unpaired) electrons. The molecule has 0 amide bonds. The van der Waals surface area contributed by atoms with Crippen LogP contribution in [-0.2, 0) is 9.53 Å². The van der Waals surface area contributed by atoms with E-state index in [1.54, 1.807) is 6.92 Å².